The molecular formula is C15H20F3N. The smallest absolute Gasteiger partial charge is 0.317 e. The molecular weight excluding hydrogens is 251 g/mol. The summed E-state index contributed by atoms with van der Waals surface area (Å²) in [7, 11) is 1.89. The zero-order chi connectivity index (χ0) is 13.9. The molecule has 106 valence electrons. The van der Waals surface area contributed by atoms with Crippen molar-refractivity contribution in [3.63, 3.8) is 0 Å². The highest BCUT2D eigenvalue weighted by Crippen LogP contribution is 2.39. The van der Waals surface area contributed by atoms with E-state index in [1.165, 1.54) is 12.1 Å². The number of nitrogens with one attached hydrogen (secondary N) is 1. The molecule has 2 atom stereocenters. The molecule has 0 bridgehead atoms. The maximum Gasteiger partial charge on any atom is 0.416 e. The van der Waals surface area contributed by atoms with Crippen LogP contribution >= 0.6 is 0 Å². The van der Waals surface area contributed by atoms with Gasteiger partial charge in [-0.05, 0) is 43.9 Å². The van der Waals surface area contributed by atoms with Gasteiger partial charge in [-0.2, -0.15) is 13.2 Å². The summed E-state index contributed by atoms with van der Waals surface area (Å²) in [6.07, 6.45) is 0.555. The number of hydrogen-bond acceptors (Lipinski definition) is 1. The Morgan fingerprint density at radius 1 is 1.11 bits per heavy atom. The van der Waals surface area contributed by atoms with Crippen molar-refractivity contribution >= 4 is 0 Å². The van der Waals surface area contributed by atoms with Gasteiger partial charge in [0.1, 0.15) is 0 Å². The summed E-state index contributed by atoms with van der Waals surface area (Å²) >= 11 is 0. The largest absolute Gasteiger partial charge is 0.416 e. The molecule has 2 rings (SSSR count). The summed E-state index contributed by atoms with van der Waals surface area (Å²) in [6.45, 7) is 0. The molecule has 0 amide bonds. The van der Waals surface area contributed by atoms with Crippen LogP contribution in [0.25, 0.3) is 0 Å². The summed E-state index contributed by atoms with van der Waals surface area (Å²) in [5.41, 5.74) is 0.00824. The summed E-state index contributed by atoms with van der Waals surface area (Å²) in [5.74, 6) is 0.0118. The quantitative estimate of drug-likeness (QED) is 0.789. The summed E-state index contributed by atoms with van der Waals surface area (Å²) in [5, 5.41) is 3.22. The Labute approximate surface area is 112 Å². The number of halogens is 3. The molecule has 0 saturated heterocycles. The predicted molar refractivity (Wildman–Crippen MR) is 70.1 cm³/mol. The molecule has 19 heavy (non-hydrogen) atoms. The van der Waals surface area contributed by atoms with E-state index in [4.69, 9.17) is 0 Å². The first-order valence-electron chi connectivity index (χ1n) is 6.85. The molecule has 1 fully saturated rings. The van der Waals surface area contributed by atoms with Crippen molar-refractivity contribution in [3.8, 4) is 0 Å². The molecule has 0 radical (unpaired) electrons. The Hall–Kier alpha value is -1.03. The van der Waals surface area contributed by atoms with Gasteiger partial charge in [0.05, 0.1) is 5.56 Å². The third kappa shape index (κ3) is 3.50. The van der Waals surface area contributed by atoms with Crippen LogP contribution in [0, 0.1) is 0 Å². The minimum atomic E-state index is -4.25. The Balaban J connectivity index is 2.29. The average molecular weight is 271 g/mol. The third-order valence-electron chi connectivity index (χ3n) is 4.04. The maximum absolute atomic E-state index is 13.1. The lowest BCUT2D eigenvalue weighted by atomic mass is 9.87. The maximum atomic E-state index is 13.1. The van der Waals surface area contributed by atoms with Crippen molar-refractivity contribution in [3.05, 3.63) is 35.4 Å². The topological polar surface area (TPSA) is 12.0 Å². The molecule has 1 aromatic carbocycles. The van der Waals surface area contributed by atoms with Crippen LogP contribution < -0.4 is 5.32 Å². The van der Waals surface area contributed by atoms with Gasteiger partial charge in [0.25, 0.3) is 0 Å². The van der Waals surface area contributed by atoms with Gasteiger partial charge in [0.2, 0.25) is 0 Å². The van der Waals surface area contributed by atoms with E-state index in [1.807, 2.05) is 7.05 Å². The molecule has 2 unspecified atom stereocenters. The van der Waals surface area contributed by atoms with Gasteiger partial charge in [0.15, 0.2) is 0 Å². The van der Waals surface area contributed by atoms with Crippen molar-refractivity contribution in [2.45, 2.75) is 50.2 Å². The standard InChI is InChI=1S/C15H20F3N/c1-19-12-7-3-2-6-11(10-12)13-8-4-5-9-14(13)15(16,17)18/h4-5,8-9,11-12,19H,2-3,6-7,10H2,1H3. The van der Waals surface area contributed by atoms with Crippen LogP contribution in [-0.4, -0.2) is 13.1 Å². The first-order valence-corrected chi connectivity index (χ1v) is 6.85. The highest BCUT2D eigenvalue weighted by molar-refractivity contribution is 5.33. The number of benzene rings is 1. The molecule has 1 aliphatic rings. The molecule has 1 saturated carbocycles. The lowest BCUT2D eigenvalue weighted by Gasteiger charge is -2.23. The van der Waals surface area contributed by atoms with Gasteiger partial charge < -0.3 is 5.32 Å². The van der Waals surface area contributed by atoms with Gasteiger partial charge >= 0.3 is 6.18 Å². The number of rotatable bonds is 2. The lowest BCUT2D eigenvalue weighted by molar-refractivity contribution is -0.138. The molecule has 1 aliphatic carbocycles. The molecule has 0 spiro atoms. The zero-order valence-corrected chi connectivity index (χ0v) is 11.1. The Morgan fingerprint density at radius 3 is 2.47 bits per heavy atom. The fourth-order valence-corrected chi connectivity index (χ4v) is 3.02. The predicted octanol–water partition coefficient (Wildman–Crippen LogP) is 4.34. The van der Waals surface area contributed by atoms with Crippen LogP contribution in [0.5, 0.6) is 0 Å². The minimum absolute atomic E-state index is 0.0118. The Morgan fingerprint density at radius 2 is 1.79 bits per heavy atom. The molecule has 1 nitrogen and oxygen atoms in total. The number of alkyl halides is 3. The van der Waals surface area contributed by atoms with Crippen LogP contribution in [0.3, 0.4) is 0 Å². The summed E-state index contributed by atoms with van der Waals surface area (Å²) in [4.78, 5) is 0. The van der Waals surface area contributed by atoms with Gasteiger partial charge in [-0.15, -0.1) is 0 Å². The highest BCUT2D eigenvalue weighted by Gasteiger charge is 2.35. The van der Waals surface area contributed by atoms with Gasteiger partial charge in [-0.3, -0.25) is 0 Å². The average Bonchev–Trinajstić information content (AvgIpc) is 2.63. The molecule has 1 aromatic rings. The van der Waals surface area contributed by atoms with E-state index in [1.54, 1.807) is 12.1 Å². The number of hydrogen-bond donors (Lipinski definition) is 1. The SMILES string of the molecule is CNC1CCCCC(c2ccccc2C(F)(F)F)C1. The van der Waals surface area contributed by atoms with Crippen LogP contribution in [0.1, 0.15) is 49.1 Å². The normalized spacial score (nSPS) is 25.1. The second-order valence-electron chi connectivity index (χ2n) is 5.29. The first kappa shape index (κ1) is 14.4. The van der Waals surface area contributed by atoms with E-state index < -0.39 is 11.7 Å². The molecule has 0 aliphatic heterocycles. The molecule has 4 heteroatoms. The second kappa shape index (κ2) is 5.95. The lowest BCUT2D eigenvalue weighted by Crippen LogP contribution is -2.26. The fraction of sp³-hybridized carbons (Fsp3) is 0.600. The molecule has 0 heterocycles. The summed E-state index contributed by atoms with van der Waals surface area (Å²) in [6, 6.07) is 6.36. The second-order valence-corrected chi connectivity index (χ2v) is 5.29. The summed E-state index contributed by atoms with van der Waals surface area (Å²) < 4.78 is 39.2. The monoisotopic (exact) mass is 271 g/mol. The van der Waals surface area contributed by atoms with Crippen molar-refractivity contribution in [2.75, 3.05) is 7.05 Å². The van der Waals surface area contributed by atoms with E-state index in [2.05, 4.69) is 5.32 Å². The Kier molecular flexibility index (Phi) is 4.50. The van der Waals surface area contributed by atoms with Crippen molar-refractivity contribution in [1.82, 2.24) is 5.32 Å². The van der Waals surface area contributed by atoms with Crippen LogP contribution in [0.15, 0.2) is 24.3 Å². The van der Waals surface area contributed by atoms with E-state index >= 15 is 0 Å². The zero-order valence-electron chi connectivity index (χ0n) is 11.1. The van der Waals surface area contributed by atoms with E-state index in [0.29, 0.717) is 11.6 Å². The van der Waals surface area contributed by atoms with Crippen LogP contribution in [-0.2, 0) is 6.18 Å². The van der Waals surface area contributed by atoms with E-state index in [0.717, 1.165) is 32.1 Å². The van der Waals surface area contributed by atoms with Crippen LogP contribution in [0.2, 0.25) is 0 Å². The van der Waals surface area contributed by atoms with Gasteiger partial charge in [-0.1, -0.05) is 31.0 Å². The minimum Gasteiger partial charge on any atom is -0.317 e. The molecule has 1 N–H and O–H groups in total. The van der Waals surface area contributed by atoms with E-state index in [9.17, 15) is 13.2 Å². The highest BCUT2D eigenvalue weighted by atomic mass is 19.4. The third-order valence-corrected chi connectivity index (χ3v) is 4.04. The van der Waals surface area contributed by atoms with Crippen molar-refractivity contribution in [2.24, 2.45) is 0 Å². The van der Waals surface area contributed by atoms with E-state index in [-0.39, 0.29) is 5.92 Å². The van der Waals surface area contributed by atoms with Gasteiger partial charge in [-0.25, -0.2) is 0 Å². The van der Waals surface area contributed by atoms with Crippen LogP contribution in [0.4, 0.5) is 13.2 Å². The first-order chi connectivity index (χ1) is 9.02. The Bertz CT molecular complexity index is 414. The van der Waals surface area contributed by atoms with Gasteiger partial charge in [0, 0.05) is 6.04 Å². The van der Waals surface area contributed by atoms with Crippen molar-refractivity contribution < 1.29 is 13.2 Å². The fourth-order valence-electron chi connectivity index (χ4n) is 3.02. The van der Waals surface area contributed by atoms with Crippen molar-refractivity contribution in [1.29, 1.82) is 0 Å². The molecule has 0 aromatic heterocycles.